The van der Waals surface area contributed by atoms with Gasteiger partial charge in [-0.05, 0) is 60.8 Å². The number of nitrogens with zero attached hydrogens (tertiary/aromatic N) is 3. The van der Waals surface area contributed by atoms with Gasteiger partial charge in [-0.2, -0.15) is 0 Å². The molecule has 0 bridgehead atoms. The number of fused-ring (bicyclic) bond motifs is 1. The summed E-state index contributed by atoms with van der Waals surface area (Å²) in [5, 5.41) is 0. The summed E-state index contributed by atoms with van der Waals surface area (Å²) in [6, 6.07) is 10.5. The molecule has 2 fully saturated rings. The van der Waals surface area contributed by atoms with E-state index in [1.165, 1.54) is 37.2 Å². The van der Waals surface area contributed by atoms with Crippen LogP contribution in [0.4, 0.5) is 0 Å². The molecular weight excluding hydrogens is 270 g/mol. The van der Waals surface area contributed by atoms with Crippen molar-refractivity contribution in [2.24, 2.45) is 17.8 Å². The summed E-state index contributed by atoms with van der Waals surface area (Å²) in [6.07, 6.45) is 9.71. The second kappa shape index (κ2) is 6.17. The lowest BCUT2D eigenvalue weighted by atomic mass is 9.89. The van der Waals surface area contributed by atoms with Gasteiger partial charge in [-0.1, -0.05) is 12.1 Å². The molecule has 1 saturated carbocycles. The zero-order valence-electron chi connectivity index (χ0n) is 12.9. The summed E-state index contributed by atoms with van der Waals surface area (Å²) in [6.45, 7) is 3.56. The molecular formula is C19H23N3. The van der Waals surface area contributed by atoms with Crippen LogP contribution in [0.2, 0.25) is 0 Å². The minimum atomic E-state index is 0.818. The van der Waals surface area contributed by atoms with E-state index in [4.69, 9.17) is 0 Å². The van der Waals surface area contributed by atoms with Crippen LogP contribution in [0.3, 0.4) is 0 Å². The molecule has 114 valence electrons. The Morgan fingerprint density at radius 3 is 2.86 bits per heavy atom. The summed E-state index contributed by atoms with van der Waals surface area (Å²) >= 11 is 0. The highest BCUT2D eigenvalue weighted by atomic mass is 15.2. The van der Waals surface area contributed by atoms with Crippen LogP contribution in [-0.2, 0) is 13.0 Å². The second-order valence-corrected chi connectivity index (χ2v) is 6.84. The van der Waals surface area contributed by atoms with E-state index in [0.717, 1.165) is 30.7 Å². The second-order valence-electron chi connectivity index (χ2n) is 6.84. The fraction of sp³-hybridized carbons (Fsp3) is 0.474. The lowest BCUT2D eigenvalue weighted by molar-refractivity contribution is 0.281. The molecule has 22 heavy (non-hydrogen) atoms. The first-order chi connectivity index (χ1) is 10.9. The van der Waals surface area contributed by atoms with Crippen LogP contribution < -0.4 is 0 Å². The quantitative estimate of drug-likeness (QED) is 0.867. The predicted molar refractivity (Wildman–Crippen MR) is 87.2 cm³/mol. The molecule has 2 aromatic rings. The summed E-state index contributed by atoms with van der Waals surface area (Å²) in [5.74, 6) is 2.57. The summed E-state index contributed by atoms with van der Waals surface area (Å²) in [4.78, 5) is 11.4. The van der Waals surface area contributed by atoms with E-state index in [2.05, 4.69) is 33.1 Å². The predicted octanol–water partition coefficient (Wildman–Crippen LogP) is 3.18. The molecule has 1 aliphatic heterocycles. The average molecular weight is 293 g/mol. The molecule has 0 spiro atoms. The molecule has 0 radical (unpaired) electrons. The van der Waals surface area contributed by atoms with Crippen molar-refractivity contribution in [3.63, 3.8) is 0 Å². The third-order valence-electron chi connectivity index (χ3n) is 5.41. The van der Waals surface area contributed by atoms with Gasteiger partial charge in [0.25, 0.3) is 0 Å². The molecule has 3 heterocycles. The third kappa shape index (κ3) is 2.91. The fourth-order valence-corrected chi connectivity index (χ4v) is 4.39. The molecule has 2 aromatic heterocycles. The molecule has 4 rings (SSSR count). The van der Waals surface area contributed by atoms with Crippen LogP contribution >= 0.6 is 0 Å². The Bertz CT molecular complexity index is 599. The SMILES string of the molecule is c1ccc(C[C@H]2CC[C@@H]3CN(Cc4cccnc4)C[C@H]23)nc1. The van der Waals surface area contributed by atoms with Crippen molar-refractivity contribution < 1.29 is 0 Å². The van der Waals surface area contributed by atoms with Gasteiger partial charge >= 0.3 is 0 Å². The number of aromatic nitrogens is 2. The van der Waals surface area contributed by atoms with E-state index in [1.807, 2.05) is 30.7 Å². The molecule has 0 amide bonds. The van der Waals surface area contributed by atoms with Crippen molar-refractivity contribution in [2.45, 2.75) is 25.8 Å². The third-order valence-corrected chi connectivity index (χ3v) is 5.41. The van der Waals surface area contributed by atoms with Gasteiger partial charge < -0.3 is 0 Å². The maximum Gasteiger partial charge on any atom is 0.0406 e. The van der Waals surface area contributed by atoms with Gasteiger partial charge in [0.15, 0.2) is 0 Å². The van der Waals surface area contributed by atoms with Crippen molar-refractivity contribution in [1.29, 1.82) is 0 Å². The van der Waals surface area contributed by atoms with Crippen molar-refractivity contribution in [3.8, 4) is 0 Å². The zero-order chi connectivity index (χ0) is 14.8. The van der Waals surface area contributed by atoms with E-state index in [9.17, 15) is 0 Å². The Morgan fingerprint density at radius 1 is 1.05 bits per heavy atom. The maximum atomic E-state index is 4.52. The van der Waals surface area contributed by atoms with E-state index in [-0.39, 0.29) is 0 Å². The van der Waals surface area contributed by atoms with Gasteiger partial charge in [0.1, 0.15) is 0 Å². The molecule has 3 heteroatoms. The average Bonchev–Trinajstić information content (AvgIpc) is 3.11. The van der Waals surface area contributed by atoms with Crippen molar-refractivity contribution >= 4 is 0 Å². The highest BCUT2D eigenvalue weighted by molar-refractivity contribution is 5.10. The minimum absolute atomic E-state index is 0.818. The van der Waals surface area contributed by atoms with Crippen LogP contribution in [0, 0.1) is 17.8 Å². The van der Waals surface area contributed by atoms with Crippen molar-refractivity contribution in [2.75, 3.05) is 13.1 Å². The van der Waals surface area contributed by atoms with Crippen molar-refractivity contribution in [1.82, 2.24) is 14.9 Å². The fourth-order valence-electron chi connectivity index (χ4n) is 4.39. The van der Waals surface area contributed by atoms with E-state index in [0.29, 0.717) is 0 Å². The lowest BCUT2D eigenvalue weighted by Gasteiger charge is -2.20. The molecule has 0 aromatic carbocycles. The monoisotopic (exact) mass is 293 g/mol. The largest absolute Gasteiger partial charge is 0.298 e. The van der Waals surface area contributed by atoms with E-state index >= 15 is 0 Å². The van der Waals surface area contributed by atoms with Crippen LogP contribution in [-0.4, -0.2) is 28.0 Å². The lowest BCUT2D eigenvalue weighted by Crippen LogP contribution is -2.23. The normalized spacial score (nSPS) is 27.9. The van der Waals surface area contributed by atoms with Crippen LogP contribution in [0.5, 0.6) is 0 Å². The number of rotatable bonds is 4. The van der Waals surface area contributed by atoms with Crippen LogP contribution in [0.25, 0.3) is 0 Å². The Hall–Kier alpha value is -1.74. The minimum Gasteiger partial charge on any atom is -0.298 e. The highest BCUT2D eigenvalue weighted by Crippen LogP contribution is 2.43. The molecule has 3 nitrogen and oxygen atoms in total. The van der Waals surface area contributed by atoms with E-state index in [1.54, 1.807) is 0 Å². The molecule has 1 saturated heterocycles. The van der Waals surface area contributed by atoms with Gasteiger partial charge in [-0.15, -0.1) is 0 Å². The van der Waals surface area contributed by atoms with Gasteiger partial charge in [0, 0.05) is 43.9 Å². The molecule has 0 N–H and O–H groups in total. The van der Waals surface area contributed by atoms with Crippen molar-refractivity contribution in [3.05, 3.63) is 60.2 Å². The van der Waals surface area contributed by atoms with Gasteiger partial charge in [0.2, 0.25) is 0 Å². The topological polar surface area (TPSA) is 29.0 Å². The van der Waals surface area contributed by atoms with Gasteiger partial charge in [-0.3, -0.25) is 14.9 Å². The summed E-state index contributed by atoms with van der Waals surface area (Å²) in [5.41, 5.74) is 2.60. The van der Waals surface area contributed by atoms with Gasteiger partial charge in [-0.25, -0.2) is 0 Å². The molecule has 3 atom stereocenters. The first-order valence-electron chi connectivity index (χ1n) is 8.39. The molecule has 1 aliphatic carbocycles. The van der Waals surface area contributed by atoms with E-state index < -0.39 is 0 Å². The first kappa shape index (κ1) is 13.9. The number of hydrogen-bond donors (Lipinski definition) is 0. The number of hydrogen-bond acceptors (Lipinski definition) is 3. The van der Waals surface area contributed by atoms with Crippen LogP contribution in [0.15, 0.2) is 48.9 Å². The van der Waals surface area contributed by atoms with Gasteiger partial charge in [0.05, 0.1) is 0 Å². The summed E-state index contributed by atoms with van der Waals surface area (Å²) in [7, 11) is 0. The Morgan fingerprint density at radius 2 is 2.05 bits per heavy atom. The summed E-state index contributed by atoms with van der Waals surface area (Å²) < 4.78 is 0. The van der Waals surface area contributed by atoms with Crippen LogP contribution in [0.1, 0.15) is 24.1 Å². The Kier molecular flexibility index (Phi) is 3.90. The number of pyridine rings is 2. The molecule has 2 aliphatic rings. The Labute approximate surface area is 132 Å². The first-order valence-corrected chi connectivity index (χ1v) is 8.39. The standard InChI is InChI=1S/C19H23N3/c1-2-9-21-18(5-1)10-16-6-7-17-13-22(14-19(16)17)12-15-4-3-8-20-11-15/h1-5,8-9,11,16-17,19H,6-7,10,12-14H2/t16-,17-,19-/m1/s1. The zero-order valence-corrected chi connectivity index (χ0v) is 12.9. The maximum absolute atomic E-state index is 4.52. The molecule has 0 unspecified atom stereocenters. The number of likely N-dealkylation sites (tertiary alicyclic amines) is 1. The highest BCUT2D eigenvalue weighted by Gasteiger charge is 2.42. The smallest absolute Gasteiger partial charge is 0.0406 e. The Balaban J connectivity index is 1.39.